The van der Waals surface area contributed by atoms with Gasteiger partial charge in [-0.25, -0.2) is 0 Å². The van der Waals surface area contributed by atoms with Crippen molar-refractivity contribution in [1.29, 1.82) is 0 Å². The molecule has 0 atom stereocenters. The van der Waals surface area contributed by atoms with Gasteiger partial charge in [-0.15, -0.1) is 0 Å². The molecular weight excluding hydrogens is 176 g/mol. The SMILES string of the molecule is O=C1C=C(CCCc2ccoc2)CC1. The minimum atomic E-state index is 0.295. The van der Waals surface area contributed by atoms with Crippen LogP contribution in [0.2, 0.25) is 0 Å². The predicted molar refractivity (Wildman–Crippen MR) is 54.0 cm³/mol. The van der Waals surface area contributed by atoms with Crippen molar-refractivity contribution in [1.82, 2.24) is 0 Å². The van der Waals surface area contributed by atoms with Crippen LogP contribution in [0.3, 0.4) is 0 Å². The average Bonchev–Trinajstić information content (AvgIpc) is 2.77. The van der Waals surface area contributed by atoms with Crippen LogP contribution in [0.15, 0.2) is 34.7 Å². The molecule has 0 aliphatic heterocycles. The number of hydrogen-bond acceptors (Lipinski definition) is 2. The lowest BCUT2D eigenvalue weighted by Crippen LogP contribution is -1.84. The number of aryl methyl sites for hydroxylation is 1. The van der Waals surface area contributed by atoms with Crippen LogP contribution in [-0.2, 0) is 11.2 Å². The molecule has 2 heteroatoms. The molecule has 0 saturated carbocycles. The van der Waals surface area contributed by atoms with Gasteiger partial charge in [-0.05, 0) is 43.4 Å². The molecule has 2 nitrogen and oxygen atoms in total. The van der Waals surface area contributed by atoms with Crippen molar-refractivity contribution in [2.45, 2.75) is 32.1 Å². The zero-order valence-electron chi connectivity index (χ0n) is 8.16. The number of rotatable bonds is 4. The highest BCUT2D eigenvalue weighted by Gasteiger charge is 2.10. The third-order valence-corrected chi connectivity index (χ3v) is 2.60. The maximum absolute atomic E-state index is 11.0. The summed E-state index contributed by atoms with van der Waals surface area (Å²) in [5, 5.41) is 0. The predicted octanol–water partition coefficient (Wildman–Crippen LogP) is 2.89. The van der Waals surface area contributed by atoms with Gasteiger partial charge in [-0.2, -0.15) is 0 Å². The van der Waals surface area contributed by atoms with Crippen molar-refractivity contribution in [3.8, 4) is 0 Å². The van der Waals surface area contributed by atoms with E-state index in [1.54, 1.807) is 12.5 Å². The van der Waals surface area contributed by atoms with Crippen LogP contribution >= 0.6 is 0 Å². The average molecular weight is 190 g/mol. The zero-order valence-corrected chi connectivity index (χ0v) is 8.16. The Hall–Kier alpha value is -1.31. The van der Waals surface area contributed by atoms with E-state index in [-0.39, 0.29) is 0 Å². The molecule has 0 radical (unpaired) electrons. The molecule has 0 amide bonds. The van der Waals surface area contributed by atoms with Gasteiger partial charge in [0.25, 0.3) is 0 Å². The quantitative estimate of drug-likeness (QED) is 0.730. The van der Waals surface area contributed by atoms with Crippen molar-refractivity contribution in [2.75, 3.05) is 0 Å². The maximum atomic E-state index is 11.0. The van der Waals surface area contributed by atoms with Gasteiger partial charge in [0.1, 0.15) is 0 Å². The van der Waals surface area contributed by atoms with Crippen LogP contribution < -0.4 is 0 Å². The number of hydrogen-bond donors (Lipinski definition) is 0. The van der Waals surface area contributed by atoms with Crippen LogP contribution in [0.5, 0.6) is 0 Å². The van der Waals surface area contributed by atoms with Gasteiger partial charge in [0.2, 0.25) is 0 Å². The highest BCUT2D eigenvalue weighted by Crippen LogP contribution is 2.20. The molecule has 2 rings (SSSR count). The van der Waals surface area contributed by atoms with Gasteiger partial charge in [0, 0.05) is 6.42 Å². The van der Waals surface area contributed by atoms with Crippen LogP contribution in [0.25, 0.3) is 0 Å². The monoisotopic (exact) mass is 190 g/mol. The summed E-state index contributed by atoms with van der Waals surface area (Å²) in [6, 6.07) is 1.99. The van der Waals surface area contributed by atoms with Gasteiger partial charge in [0.15, 0.2) is 5.78 Å². The van der Waals surface area contributed by atoms with Crippen LogP contribution in [0.1, 0.15) is 31.2 Å². The van der Waals surface area contributed by atoms with E-state index < -0.39 is 0 Å². The fourth-order valence-electron chi connectivity index (χ4n) is 1.81. The van der Waals surface area contributed by atoms with Gasteiger partial charge in [0.05, 0.1) is 12.5 Å². The first-order chi connectivity index (χ1) is 6.84. The lowest BCUT2D eigenvalue weighted by Gasteiger charge is -1.99. The summed E-state index contributed by atoms with van der Waals surface area (Å²) < 4.78 is 4.99. The molecular formula is C12H14O2. The Morgan fingerprint density at radius 1 is 1.29 bits per heavy atom. The third kappa shape index (κ3) is 2.34. The van der Waals surface area contributed by atoms with E-state index in [1.165, 1.54) is 11.1 Å². The first kappa shape index (κ1) is 9.25. The standard InChI is InChI=1S/C12H14O2/c13-12-5-4-10(8-12)2-1-3-11-6-7-14-9-11/h6-9H,1-5H2. The second kappa shape index (κ2) is 4.27. The number of carbonyl (C=O) groups excluding carboxylic acids is 1. The van der Waals surface area contributed by atoms with Crippen LogP contribution in [0.4, 0.5) is 0 Å². The van der Waals surface area contributed by atoms with E-state index in [4.69, 9.17) is 4.42 Å². The largest absolute Gasteiger partial charge is 0.472 e. The number of allylic oxidation sites excluding steroid dienone is 2. The Morgan fingerprint density at radius 2 is 2.21 bits per heavy atom. The van der Waals surface area contributed by atoms with E-state index in [2.05, 4.69) is 0 Å². The minimum absolute atomic E-state index is 0.295. The van der Waals surface area contributed by atoms with Gasteiger partial charge in [-0.3, -0.25) is 4.79 Å². The molecule has 0 bridgehead atoms. The molecule has 0 N–H and O–H groups in total. The van der Waals surface area contributed by atoms with E-state index in [1.807, 2.05) is 12.1 Å². The molecule has 0 saturated heterocycles. The highest BCUT2D eigenvalue weighted by atomic mass is 16.3. The summed E-state index contributed by atoms with van der Waals surface area (Å²) in [6.07, 6.45) is 10.2. The highest BCUT2D eigenvalue weighted by molar-refractivity contribution is 5.92. The molecule has 0 fully saturated rings. The van der Waals surface area contributed by atoms with Crippen molar-refractivity contribution in [3.63, 3.8) is 0 Å². The molecule has 74 valence electrons. The van der Waals surface area contributed by atoms with Crippen LogP contribution in [-0.4, -0.2) is 5.78 Å². The molecule has 1 heterocycles. The van der Waals surface area contributed by atoms with Gasteiger partial charge >= 0.3 is 0 Å². The van der Waals surface area contributed by atoms with Crippen molar-refractivity contribution >= 4 is 5.78 Å². The summed E-state index contributed by atoms with van der Waals surface area (Å²) in [4.78, 5) is 11.0. The Bertz CT molecular complexity index is 333. The lowest BCUT2D eigenvalue weighted by molar-refractivity contribution is -0.114. The molecule has 0 aromatic carbocycles. The first-order valence-electron chi connectivity index (χ1n) is 5.08. The Labute approximate surface area is 83.6 Å². The summed E-state index contributed by atoms with van der Waals surface area (Å²) in [5.41, 5.74) is 2.56. The third-order valence-electron chi connectivity index (χ3n) is 2.60. The molecule has 1 aromatic heterocycles. The van der Waals surface area contributed by atoms with Crippen molar-refractivity contribution in [2.24, 2.45) is 0 Å². The second-order valence-electron chi connectivity index (χ2n) is 3.75. The Morgan fingerprint density at radius 3 is 2.86 bits per heavy atom. The van der Waals surface area contributed by atoms with E-state index in [0.717, 1.165) is 32.1 Å². The summed E-state index contributed by atoms with van der Waals surface area (Å²) >= 11 is 0. The normalized spacial score (nSPS) is 16.0. The van der Waals surface area contributed by atoms with Gasteiger partial charge < -0.3 is 4.42 Å². The molecule has 1 aromatic rings. The number of carbonyl (C=O) groups is 1. The zero-order chi connectivity index (χ0) is 9.80. The fraction of sp³-hybridized carbons (Fsp3) is 0.417. The topological polar surface area (TPSA) is 30.2 Å². The molecule has 14 heavy (non-hydrogen) atoms. The smallest absolute Gasteiger partial charge is 0.155 e. The van der Waals surface area contributed by atoms with E-state index in [9.17, 15) is 4.79 Å². The number of furan rings is 1. The summed E-state index contributed by atoms with van der Waals surface area (Å²) in [5.74, 6) is 0.295. The molecule has 1 aliphatic carbocycles. The van der Waals surface area contributed by atoms with Crippen molar-refractivity contribution < 1.29 is 9.21 Å². The van der Waals surface area contributed by atoms with Crippen molar-refractivity contribution in [3.05, 3.63) is 35.8 Å². The Balaban J connectivity index is 1.73. The minimum Gasteiger partial charge on any atom is -0.472 e. The van der Waals surface area contributed by atoms with E-state index >= 15 is 0 Å². The molecule has 0 unspecified atom stereocenters. The maximum Gasteiger partial charge on any atom is 0.155 e. The number of ketones is 1. The van der Waals surface area contributed by atoms with E-state index in [0.29, 0.717) is 5.78 Å². The molecule has 0 spiro atoms. The summed E-state index contributed by atoms with van der Waals surface area (Å²) in [7, 11) is 0. The second-order valence-corrected chi connectivity index (χ2v) is 3.75. The molecule has 1 aliphatic rings. The lowest BCUT2D eigenvalue weighted by atomic mass is 10.1. The van der Waals surface area contributed by atoms with Gasteiger partial charge in [-0.1, -0.05) is 5.57 Å². The first-order valence-corrected chi connectivity index (χ1v) is 5.08. The summed E-state index contributed by atoms with van der Waals surface area (Å²) in [6.45, 7) is 0. The van der Waals surface area contributed by atoms with Crippen LogP contribution in [0, 0.1) is 0 Å². The Kier molecular flexibility index (Phi) is 2.82. The fourth-order valence-corrected chi connectivity index (χ4v) is 1.81.